The Kier molecular flexibility index (Phi) is 6.77. The quantitative estimate of drug-likeness (QED) is 0.376. The highest BCUT2D eigenvalue weighted by Crippen LogP contribution is 2.37. The first kappa shape index (κ1) is 26.0. The van der Waals surface area contributed by atoms with Gasteiger partial charge in [-0.1, -0.05) is 11.6 Å². The minimum absolute atomic E-state index is 0.0186. The van der Waals surface area contributed by atoms with Gasteiger partial charge in [0.1, 0.15) is 5.69 Å². The molecule has 1 amide bonds. The summed E-state index contributed by atoms with van der Waals surface area (Å²) in [7, 11) is 3.40. The lowest BCUT2D eigenvalue weighted by Crippen LogP contribution is -2.43. The zero-order valence-corrected chi connectivity index (χ0v) is 21.5. The molecule has 0 bridgehead atoms. The van der Waals surface area contributed by atoms with E-state index >= 15 is 0 Å². The van der Waals surface area contributed by atoms with Crippen molar-refractivity contribution in [2.45, 2.75) is 43.9 Å². The van der Waals surface area contributed by atoms with E-state index in [4.69, 9.17) is 11.6 Å². The zero-order chi connectivity index (χ0) is 27.2. The van der Waals surface area contributed by atoms with Crippen molar-refractivity contribution < 1.29 is 18.0 Å². The molecule has 0 saturated heterocycles. The van der Waals surface area contributed by atoms with Crippen LogP contribution in [0.4, 0.5) is 18.9 Å². The summed E-state index contributed by atoms with van der Waals surface area (Å²) in [5, 5.41) is 4.46. The molecule has 2 aromatic heterocycles. The van der Waals surface area contributed by atoms with E-state index in [1.807, 2.05) is 4.90 Å². The summed E-state index contributed by atoms with van der Waals surface area (Å²) in [6, 6.07) is 10.5. The number of aromatic nitrogens is 3. The van der Waals surface area contributed by atoms with E-state index in [1.54, 1.807) is 38.4 Å². The number of benzene rings is 2. The first-order valence-corrected chi connectivity index (χ1v) is 12.6. The lowest BCUT2D eigenvalue weighted by molar-refractivity contribution is -0.140. The molecule has 38 heavy (non-hydrogen) atoms. The van der Waals surface area contributed by atoms with Crippen LogP contribution in [0.5, 0.6) is 0 Å². The zero-order valence-electron chi connectivity index (χ0n) is 20.7. The van der Waals surface area contributed by atoms with Gasteiger partial charge in [-0.05, 0) is 68.1 Å². The monoisotopic (exact) mass is 543 g/mol. The number of fused-ring (bicyclic) bond motifs is 2. The van der Waals surface area contributed by atoms with Gasteiger partial charge < -0.3 is 14.8 Å². The Morgan fingerprint density at radius 3 is 2.50 bits per heavy atom. The lowest BCUT2D eigenvalue weighted by Gasteiger charge is -2.37. The van der Waals surface area contributed by atoms with Crippen LogP contribution in [0.15, 0.2) is 53.6 Å². The Balaban J connectivity index is 1.30. The number of hydrogen-bond acceptors (Lipinski definition) is 5. The molecule has 0 spiro atoms. The molecule has 5 rings (SSSR count). The maximum absolute atomic E-state index is 13.5. The van der Waals surface area contributed by atoms with Crippen LogP contribution in [-0.4, -0.2) is 39.6 Å². The third-order valence-electron chi connectivity index (χ3n) is 7.18. The fraction of sp³-hybridized carbons (Fsp3) is 0.333. The van der Waals surface area contributed by atoms with Gasteiger partial charge in [0.05, 0.1) is 22.7 Å². The average molecular weight is 544 g/mol. The number of pyridine rings is 1. The number of nitrogens with zero attached hydrogens (tertiary/aromatic N) is 4. The standard InChI is InChI=1S/C27H25ClF3N5O2/c1-35-14-32-22-11-15(3-9-19(22)26(35)38)25(37)33-17-5-7-18(8-6-17)36(2)23-13-24(27(29,30)31)34-21-10-4-16(28)12-20(21)23/h3-4,9-14,17-18H,5-8H2,1-2H3,(H,33,37)/t17-,18+. The van der Waals surface area contributed by atoms with Gasteiger partial charge in [-0.25, -0.2) is 9.97 Å². The molecule has 7 nitrogen and oxygen atoms in total. The summed E-state index contributed by atoms with van der Waals surface area (Å²) in [5.41, 5.74) is 0.391. The number of amides is 1. The first-order valence-electron chi connectivity index (χ1n) is 12.2. The van der Waals surface area contributed by atoms with Crippen molar-refractivity contribution in [1.29, 1.82) is 0 Å². The topological polar surface area (TPSA) is 80.1 Å². The molecule has 4 aromatic rings. The Hall–Kier alpha value is -3.66. The molecule has 0 radical (unpaired) electrons. The average Bonchev–Trinajstić information content (AvgIpc) is 2.89. The molecule has 1 saturated carbocycles. The first-order chi connectivity index (χ1) is 18.0. The second-order valence-corrected chi connectivity index (χ2v) is 10.1. The van der Waals surface area contributed by atoms with Crippen LogP contribution in [0.1, 0.15) is 41.7 Å². The number of halogens is 4. The maximum atomic E-state index is 13.5. The minimum Gasteiger partial charge on any atom is -0.371 e. The van der Waals surface area contributed by atoms with Gasteiger partial charge in [0.2, 0.25) is 0 Å². The van der Waals surface area contributed by atoms with Gasteiger partial charge in [0, 0.05) is 47.8 Å². The van der Waals surface area contributed by atoms with Crippen molar-refractivity contribution in [3.8, 4) is 0 Å². The second kappa shape index (κ2) is 9.90. The molecule has 198 valence electrons. The number of carbonyl (C=O) groups is 1. The van der Waals surface area contributed by atoms with Crippen molar-refractivity contribution >= 4 is 45.0 Å². The van der Waals surface area contributed by atoms with E-state index in [0.717, 1.165) is 6.07 Å². The van der Waals surface area contributed by atoms with Crippen LogP contribution in [0.3, 0.4) is 0 Å². The predicted molar refractivity (Wildman–Crippen MR) is 141 cm³/mol. The summed E-state index contributed by atoms with van der Waals surface area (Å²) < 4.78 is 42.0. The summed E-state index contributed by atoms with van der Waals surface area (Å²) in [6.45, 7) is 0. The maximum Gasteiger partial charge on any atom is 0.433 e. The van der Waals surface area contributed by atoms with Crippen molar-refractivity contribution in [2.24, 2.45) is 7.05 Å². The van der Waals surface area contributed by atoms with Gasteiger partial charge >= 0.3 is 6.18 Å². The molecule has 2 heterocycles. The van der Waals surface area contributed by atoms with Gasteiger partial charge in [-0.2, -0.15) is 13.2 Å². The van der Waals surface area contributed by atoms with E-state index in [2.05, 4.69) is 15.3 Å². The van der Waals surface area contributed by atoms with Crippen molar-refractivity contribution in [3.63, 3.8) is 0 Å². The third kappa shape index (κ3) is 5.05. The van der Waals surface area contributed by atoms with Crippen LogP contribution in [0.2, 0.25) is 5.02 Å². The van der Waals surface area contributed by atoms with Gasteiger partial charge in [-0.15, -0.1) is 0 Å². The Morgan fingerprint density at radius 1 is 1.05 bits per heavy atom. The number of hydrogen-bond donors (Lipinski definition) is 1. The second-order valence-electron chi connectivity index (χ2n) is 9.67. The molecule has 11 heteroatoms. The van der Waals surface area contributed by atoms with Crippen molar-refractivity contribution in [1.82, 2.24) is 19.9 Å². The minimum atomic E-state index is -4.57. The summed E-state index contributed by atoms with van der Waals surface area (Å²) >= 11 is 6.15. The molecule has 2 aromatic carbocycles. The molecular formula is C27H25ClF3N5O2. The van der Waals surface area contributed by atoms with E-state index in [9.17, 15) is 22.8 Å². The third-order valence-corrected chi connectivity index (χ3v) is 7.41. The Bertz CT molecular complexity index is 1600. The van der Waals surface area contributed by atoms with E-state index < -0.39 is 11.9 Å². The fourth-order valence-electron chi connectivity index (χ4n) is 5.04. The highest BCUT2D eigenvalue weighted by atomic mass is 35.5. The van der Waals surface area contributed by atoms with Crippen LogP contribution in [-0.2, 0) is 13.2 Å². The lowest BCUT2D eigenvalue weighted by atomic mass is 9.89. The molecule has 1 fully saturated rings. The highest BCUT2D eigenvalue weighted by molar-refractivity contribution is 6.31. The summed E-state index contributed by atoms with van der Waals surface area (Å²) in [6.07, 6.45) is -0.449. The highest BCUT2D eigenvalue weighted by Gasteiger charge is 2.35. The number of nitrogens with one attached hydrogen (secondary N) is 1. The Morgan fingerprint density at radius 2 is 1.79 bits per heavy atom. The van der Waals surface area contributed by atoms with E-state index in [-0.39, 0.29) is 29.1 Å². The van der Waals surface area contributed by atoms with Crippen molar-refractivity contribution in [3.05, 3.63) is 75.4 Å². The molecule has 0 unspecified atom stereocenters. The van der Waals surface area contributed by atoms with Gasteiger partial charge in [0.25, 0.3) is 11.5 Å². The molecule has 0 aliphatic heterocycles. The normalized spacial score (nSPS) is 18.1. The van der Waals surface area contributed by atoms with Crippen LogP contribution < -0.4 is 15.8 Å². The summed E-state index contributed by atoms with van der Waals surface area (Å²) in [4.78, 5) is 35.0. The van der Waals surface area contributed by atoms with Gasteiger partial charge in [-0.3, -0.25) is 9.59 Å². The van der Waals surface area contributed by atoms with Gasteiger partial charge in [0.15, 0.2) is 0 Å². The number of anilines is 1. The number of aryl methyl sites for hydroxylation is 1. The molecule has 1 aliphatic rings. The molecule has 1 aliphatic carbocycles. The van der Waals surface area contributed by atoms with Crippen LogP contribution in [0, 0.1) is 0 Å². The van der Waals surface area contributed by atoms with E-state index in [0.29, 0.717) is 58.2 Å². The largest absolute Gasteiger partial charge is 0.433 e. The van der Waals surface area contributed by atoms with E-state index in [1.165, 1.54) is 23.0 Å². The summed E-state index contributed by atoms with van der Waals surface area (Å²) in [5.74, 6) is -0.254. The Labute approximate surface area is 221 Å². The van der Waals surface area contributed by atoms with Crippen LogP contribution >= 0.6 is 11.6 Å². The molecule has 0 atom stereocenters. The van der Waals surface area contributed by atoms with Crippen LogP contribution in [0.25, 0.3) is 21.8 Å². The van der Waals surface area contributed by atoms with Crippen molar-refractivity contribution in [2.75, 3.05) is 11.9 Å². The predicted octanol–water partition coefficient (Wildman–Crippen LogP) is 5.33. The number of alkyl halides is 3. The number of rotatable bonds is 4. The SMILES string of the molecule is Cn1cnc2cc(C(=O)N[C@H]3CC[C@@H](N(C)c4cc(C(F)(F)F)nc5ccc(Cl)cc45)CC3)ccc2c1=O. The smallest absolute Gasteiger partial charge is 0.371 e. The molecular weight excluding hydrogens is 519 g/mol. The number of carbonyl (C=O) groups excluding carboxylic acids is 1. The molecule has 1 N–H and O–H groups in total. The fourth-order valence-corrected chi connectivity index (χ4v) is 5.21.